The maximum absolute atomic E-state index is 9.89. The van der Waals surface area contributed by atoms with Gasteiger partial charge in [-0.05, 0) is 24.5 Å². The van der Waals surface area contributed by atoms with Crippen molar-refractivity contribution >= 4 is 0 Å². The van der Waals surface area contributed by atoms with Crippen LogP contribution in [0.5, 0.6) is 17.2 Å². The van der Waals surface area contributed by atoms with Gasteiger partial charge in [0.25, 0.3) is 0 Å². The third-order valence-electron chi connectivity index (χ3n) is 3.42. The van der Waals surface area contributed by atoms with Crippen molar-refractivity contribution in [1.29, 1.82) is 0 Å². The molecule has 0 saturated carbocycles. The van der Waals surface area contributed by atoms with E-state index in [2.05, 4.69) is 6.07 Å². The fraction of sp³-hybridized carbons (Fsp3) is 0.250. The summed E-state index contributed by atoms with van der Waals surface area (Å²) in [5.74, 6) is 1.55. The van der Waals surface area contributed by atoms with Crippen LogP contribution in [-0.4, -0.2) is 18.8 Å². The van der Waals surface area contributed by atoms with Crippen LogP contribution in [0.25, 0.3) is 11.1 Å². The molecule has 0 fully saturated rings. The molecule has 0 unspecified atom stereocenters. The first-order chi connectivity index (χ1) is 9.31. The van der Waals surface area contributed by atoms with Crippen molar-refractivity contribution in [2.75, 3.05) is 13.7 Å². The summed E-state index contributed by atoms with van der Waals surface area (Å²) in [5, 5.41) is 9.89. The highest BCUT2D eigenvalue weighted by molar-refractivity contribution is 5.79. The number of phenols is 1. The van der Waals surface area contributed by atoms with E-state index >= 15 is 0 Å². The van der Waals surface area contributed by atoms with E-state index in [1.165, 1.54) is 5.56 Å². The molecule has 1 aliphatic rings. The molecule has 0 aromatic heterocycles. The minimum absolute atomic E-state index is 0.147. The summed E-state index contributed by atoms with van der Waals surface area (Å²) in [7, 11) is 1.56. The summed E-state index contributed by atoms with van der Waals surface area (Å²) in [4.78, 5) is 0. The predicted octanol–water partition coefficient (Wildman–Crippen LogP) is 3.39. The molecule has 0 aliphatic carbocycles. The number of fused-ring (bicyclic) bond motifs is 1. The average Bonchev–Trinajstić information content (AvgIpc) is 2.46. The number of para-hydroxylation sites is 2. The number of phenolic OH excluding ortho intramolecular Hbond substituents is 1. The fourth-order valence-electron chi connectivity index (χ4n) is 2.55. The normalized spacial score (nSPS) is 13.5. The minimum Gasteiger partial charge on any atom is -0.504 e. The number of aryl methyl sites for hydroxylation is 1. The Morgan fingerprint density at radius 2 is 1.89 bits per heavy atom. The number of aromatic hydroxyl groups is 1. The summed E-state index contributed by atoms with van der Waals surface area (Å²) < 4.78 is 11.1. The average molecular weight is 256 g/mol. The monoisotopic (exact) mass is 256 g/mol. The molecule has 0 amide bonds. The first-order valence-corrected chi connectivity index (χ1v) is 6.42. The zero-order valence-corrected chi connectivity index (χ0v) is 10.8. The number of rotatable bonds is 2. The lowest BCUT2D eigenvalue weighted by atomic mass is 9.97. The SMILES string of the molecule is COc1c(O)cccc1-c1cccc2c1OCCC2. The van der Waals surface area contributed by atoms with E-state index in [4.69, 9.17) is 9.47 Å². The Hall–Kier alpha value is -2.16. The second-order valence-corrected chi connectivity index (χ2v) is 4.60. The first kappa shape index (κ1) is 11.9. The lowest BCUT2D eigenvalue weighted by molar-refractivity contribution is 0.289. The number of benzene rings is 2. The molecule has 3 nitrogen and oxygen atoms in total. The molecule has 0 bridgehead atoms. The lowest BCUT2D eigenvalue weighted by Gasteiger charge is -2.21. The Kier molecular flexibility index (Phi) is 3.03. The third kappa shape index (κ3) is 2.01. The van der Waals surface area contributed by atoms with Gasteiger partial charge in [0.15, 0.2) is 11.5 Å². The van der Waals surface area contributed by atoms with Crippen molar-refractivity contribution in [2.45, 2.75) is 12.8 Å². The Labute approximate surface area is 112 Å². The molecule has 3 rings (SSSR count). The van der Waals surface area contributed by atoms with Gasteiger partial charge in [-0.25, -0.2) is 0 Å². The molecule has 2 aromatic carbocycles. The van der Waals surface area contributed by atoms with Crippen molar-refractivity contribution in [2.24, 2.45) is 0 Å². The predicted molar refractivity (Wildman–Crippen MR) is 73.9 cm³/mol. The van der Waals surface area contributed by atoms with Gasteiger partial charge in [-0.3, -0.25) is 0 Å². The highest BCUT2D eigenvalue weighted by atomic mass is 16.5. The van der Waals surface area contributed by atoms with Gasteiger partial charge in [0.05, 0.1) is 13.7 Å². The van der Waals surface area contributed by atoms with Crippen LogP contribution in [0.4, 0.5) is 0 Å². The quantitative estimate of drug-likeness (QED) is 0.895. The van der Waals surface area contributed by atoms with Crippen molar-refractivity contribution in [3.05, 3.63) is 42.0 Å². The molecule has 19 heavy (non-hydrogen) atoms. The molecule has 1 heterocycles. The molecular formula is C16H16O3. The summed E-state index contributed by atoms with van der Waals surface area (Å²) >= 11 is 0. The van der Waals surface area contributed by atoms with E-state index in [1.54, 1.807) is 13.2 Å². The molecule has 0 radical (unpaired) electrons. The molecule has 1 aliphatic heterocycles. The van der Waals surface area contributed by atoms with E-state index in [9.17, 15) is 5.11 Å². The summed E-state index contributed by atoms with van der Waals surface area (Å²) in [6, 6.07) is 11.5. The van der Waals surface area contributed by atoms with E-state index in [0.717, 1.165) is 36.3 Å². The zero-order valence-electron chi connectivity index (χ0n) is 10.8. The van der Waals surface area contributed by atoms with Crippen LogP contribution < -0.4 is 9.47 Å². The van der Waals surface area contributed by atoms with Crippen LogP contribution in [0.15, 0.2) is 36.4 Å². The van der Waals surface area contributed by atoms with Crippen LogP contribution in [0.3, 0.4) is 0 Å². The van der Waals surface area contributed by atoms with E-state index in [0.29, 0.717) is 5.75 Å². The van der Waals surface area contributed by atoms with Gasteiger partial charge in [0.1, 0.15) is 5.75 Å². The molecule has 0 saturated heterocycles. The first-order valence-electron chi connectivity index (χ1n) is 6.42. The lowest BCUT2D eigenvalue weighted by Crippen LogP contribution is -2.09. The molecule has 2 aromatic rings. The van der Waals surface area contributed by atoms with Gasteiger partial charge >= 0.3 is 0 Å². The number of methoxy groups -OCH3 is 1. The van der Waals surface area contributed by atoms with Crippen molar-refractivity contribution in [3.63, 3.8) is 0 Å². The second kappa shape index (κ2) is 4.84. The van der Waals surface area contributed by atoms with Gasteiger partial charge in [-0.15, -0.1) is 0 Å². The van der Waals surface area contributed by atoms with Gasteiger partial charge in [0, 0.05) is 11.1 Å². The van der Waals surface area contributed by atoms with Crippen molar-refractivity contribution in [1.82, 2.24) is 0 Å². The number of ether oxygens (including phenoxy) is 2. The van der Waals surface area contributed by atoms with Crippen LogP contribution in [0, 0.1) is 0 Å². The highest BCUT2D eigenvalue weighted by Crippen LogP contribution is 2.43. The maximum atomic E-state index is 9.89. The third-order valence-corrected chi connectivity index (χ3v) is 3.42. The van der Waals surface area contributed by atoms with Gasteiger partial charge in [-0.1, -0.05) is 30.3 Å². The molecule has 1 N–H and O–H groups in total. The van der Waals surface area contributed by atoms with Crippen LogP contribution in [-0.2, 0) is 6.42 Å². The molecule has 0 spiro atoms. The van der Waals surface area contributed by atoms with Crippen molar-refractivity contribution in [3.8, 4) is 28.4 Å². The Morgan fingerprint density at radius 3 is 2.74 bits per heavy atom. The van der Waals surface area contributed by atoms with Crippen LogP contribution >= 0.6 is 0 Å². The van der Waals surface area contributed by atoms with Gasteiger partial charge < -0.3 is 14.6 Å². The van der Waals surface area contributed by atoms with E-state index in [1.807, 2.05) is 24.3 Å². The van der Waals surface area contributed by atoms with Gasteiger partial charge in [-0.2, -0.15) is 0 Å². The Balaban J connectivity index is 2.20. The summed E-state index contributed by atoms with van der Waals surface area (Å²) in [6.07, 6.45) is 2.08. The highest BCUT2D eigenvalue weighted by Gasteiger charge is 2.19. The molecule has 3 heteroatoms. The maximum Gasteiger partial charge on any atom is 0.168 e. The molecular weight excluding hydrogens is 240 g/mol. The van der Waals surface area contributed by atoms with E-state index in [-0.39, 0.29) is 5.75 Å². The summed E-state index contributed by atoms with van der Waals surface area (Å²) in [6.45, 7) is 0.741. The fourth-order valence-corrected chi connectivity index (χ4v) is 2.55. The standard InChI is InChI=1S/C16H16O3/c1-18-16-13(8-3-9-14(16)17)12-7-2-5-11-6-4-10-19-15(11)12/h2-3,5,7-9,17H,4,6,10H2,1H3. The van der Waals surface area contributed by atoms with Gasteiger partial charge in [0.2, 0.25) is 0 Å². The Bertz CT molecular complexity index is 605. The Morgan fingerprint density at radius 1 is 1.11 bits per heavy atom. The summed E-state index contributed by atoms with van der Waals surface area (Å²) in [5.41, 5.74) is 3.06. The number of hydrogen-bond acceptors (Lipinski definition) is 3. The van der Waals surface area contributed by atoms with Crippen LogP contribution in [0.1, 0.15) is 12.0 Å². The molecule has 98 valence electrons. The number of hydrogen-bond donors (Lipinski definition) is 1. The van der Waals surface area contributed by atoms with Crippen molar-refractivity contribution < 1.29 is 14.6 Å². The largest absolute Gasteiger partial charge is 0.504 e. The van der Waals surface area contributed by atoms with Crippen LogP contribution in [0.2, 0.25) is 0 Å². The van der Waals surface area contributed by atoms with E-state index < -0.39 is 0 Å². The molecule has 0 atom stereocenters. The zero-order chi connectivity index (χ0) is 13.2. The smallest absolute Gasteiger partial charge is 0.168 e. The minimum atomic E-state index is 0.147. The second-order valence-electron chi connectivity index (χ2n) is 4.60. The topological polar surface area (TPSA) is 38.7 Å².